The molecule has 0 fully saturated rings. The molecule has 0 aliphatic heterocycles. The number of carbonyl (C=O) groups is 1. The molecule has 0 radical (unpaired) electrons. The predicted octanol–water partition coefficient (Wildman–Crippen LogP) is -1.37. The number of nitriles is 1. The van der Waals surface area contributed by atoms with Gasteiger partial charge in [0.1, 0.15) is 0 Å². The zero-order valence-corrected chi connectivity index (χ0v) is 12.8. The summed E-state index contributed by atoms with van der Waals surface area (Å²) in [5.41, 5.74) is 0.597. The summed E-state index contributed by atoms with van der Waals surface area (Å²) in [6.07, 6.45) is 3.31. The Morgan fingerprint density at radius 2 is 1.95 bits per heavy atom. The van der Waals surface area contributed by atoms with Crippen LogP contribution in [-0.4, -0.2) is 11.0 Å². The van der Waals surface area contributed by atoms with Gasteiger partial charge in [-0.3, -0.25) is 4.98 Å². The van der Waals surface area contributed by atoms with Crippen LogP contribution in [0.25, 0.3) is 21.5 Å². The van der Waals surface area contributed by atoms with E-state index in [2.05, 4.69) is 11.1 Å². The molecule has 0 aliphatic carbocycles. The minimum Gasteiger partial charge on any atom is -0.545 e. The van der Waals surface area contributed by atoms with E-state index in [1.807, 2.05) is 0 Å². The van der Waals surface area contributed by atoms with Crippen molar-refractivity contribution < 1.29 is 39.5 Å². The summed E-state index contributed by atoms with van der Waals surface area (Å²) in [6, 6.07) is 10.3. The molecular formula is C15H7N2NaO2. The van der Waals surface area contributed by atoms with E-state index in [9.17, 15) is 15.2 Å². The number of rotatable bonds is 1. The van der Waals surface area contributed by atoms with E-state index in [4.69, 9.17) is 0 Å². The van der Waals surface area contributed by atoms with Gasteiger partial charge in [0.2, 0.25) is 0 Å². The van der Waals surface area contributed by atoms with Gasteiger partial charge in [0.15, 0.2) is 0 Å². The molecule has 0 N–H and O–H groups in total. The molecule has 0 saturated heterocycles. The number of carbonyl (C=O) groups excluding carboxylic acids is 1. The summed E-state index contributed by atoms with van der Waals surface area (Å²) < 4.78 is 0. The third-order valence-electron chi connectivity index (χ3n) is 3.11. The van der Waals surface area contributed by atoms with Gasteiger partial charge >= 0.3 is 29.6 Å². The van der Waals surface area contributed by atoms with Gasteiger partial charge in [-0.2, -0.15) is 5.26 Å². The molecule has 2 aromatic carbocycles. The summed E-state index contributed by atoms with van der Waals surface area (Å²) in [5, 5.41) is 23.3. The predicted molar refractivity (Wildman–Crippen MR) is 68.3 cm³/mol. The molecule has 3 aromatic rings. The maximum absolute atomic E-state index is 10.9. The number of hydrogen-bond acceptors (Lipinski definition) is 4. The Hall–Kier alpha value is -1.93. The van der Waals surface area contributed by atoms with Gasteiger partial charge in [0.05, 0.1) is 17.6 Å². The fourth-order valence-corrected chi connectivity index (χ4v) is 2.22. The van der Waals surface area contributed by atoms with Crippen LogP contribution in [0.15, 0.2) is 42.7 Å². The van der Waals surface area contributed by atoms with E-state index in [0.29, 0.717) is 10.9 Å². The molecule has 20 heavy (non-hydrogen) atoms. The second-order valence-corrected chi connectivity index (χ2v) is 4.18. The average molecular weight is 270 g/mol. The van der Waals surface area contributed by atoms with Crippen LogP contribution >= 0.6 is 0 Å². The summed E-state index contributed by atoms with van der Waals surface area (Å²) in [6.45, 7) is 0. The summed E-state index contributed by atoms with van der Waals surface area (Å²) in [7, 11) is 0. The molecule has 0 unspecified atom stereocenters. The van der Waals surface area contributed by atoms with Crippen LogP contribution in [0.1, 0.15) is 15.9 Å². The number of hydrogen-bond donors (Lipinski definition) is 0. The van der Waals surface area contributed by atoms with E-state index in [-0.39, 0.29) is 35.1 Å². The number of pyridine rings is 1. The maximum Gasteiger partial charge on any atom is 1.00 e. The number of aromatic nitrogens is 1. The Bertz CT molecular complexity index is 869. The third-order valence-corrected chi connectivity index (χ3v) is 3.11. The van der Waals surface area contributed by atoms with Gasteiger partial charge in [-0.1, -0.05) is 12.1 Å². The second-order valence-electron chi connectivity index (χ2n) is 4.18. The van der Waals surface area contributed by atoms with Gasteiger partial charge < -0.3 is 9.90 Å². The van der Waals surface area contributed by atoms with E-state index >= 15 is 0 Å². The number of carboxylic acids is 1. The number of aromatic carboxylic acids is 1. The number of carboxylic acid groups (broad SMARTS) is 1. The Kier molecular flexibility index (Phi) is 4.05. The fraction of sp³-hybridized carbons (Fsp3) is 0. The smallest absolute Gasteiger partial charge is 0.545 e. The number of benzene rings is 2. The van der Waals surface area contributed by atoms with Crippen molar-refractivity contribution in [2.45, 2.75) is 0 Å². The van der Waals surface area contributed by atoms with Crippen molar-refractivity contribution in [2.24, 2.45) is 0 Å². The Morgan fingerprint density at radius 3 is 2.65 bits per heavy atom. The molecule has 4 nitrogen and oxygen atoms in total. The number of nitrogens with zero attached hydrogens (tertiary/aromatic N) is 2. The van der Waals surface area contributed by atoms with Crippen molar-refractivity contribution in [3.05, 3.63) is 53.9 Å². The molecule has 0 amide bonds. The zero-order valence-electron chi connectivity index (χ0n) is 10.8. The average Bonchev–Trinajstić information content (AvgIpc) is 2.45. The summed E-state index contributed by atoms with van der Waals surface area (Å²) in [5.74, 6) is -1.23. The largest absolute Gasteiger partial charge is 1.00 e. The minimum atomic E-state index is -1.23. The van der Waals surface area contributed by atoms with Gasteiger partial charge in [0.25, 0.3) is 0 Å². The van der Waals surface area contributed by atoms with Crippen molar-refractivity contribution in [2.75, 3.05) is 0 Å². The van der Waals surface area contributed by atoms with Crippen molar-refractivity contribution in [3.63, 3.8) is 0 Å². The van der Waals surface area contributed by atoms with Crippen molar-refractivity contribution in [3.8, 4) is 6.07 Å². The maximum atomic E-state index is 10.9. The Balaban J connectivity index is 0.00000147. The molecule has 1 aromatic heterocycles. The van der Waals surface area contributed by atoms with Crippen LogP contribution in [-0.2, 0) is 0 Å². The molecule has 0 atom stereocenters. The standard InChI is InChI=1S/C15H8N2O2.Na/c16-7-11-6-10-5-9(15(18)19)1-2-12(10)14-8-17-4-3-13(11)14;/h1-6,8H,(H,18,19);/q;+1/p-1. The van der Waals surface area contributed by atoms with Crippen LogP contribution in [0.2, 0.25) is 0 Å². The molecular weight excluding hydrogens is 263 g/mol. The van der Waals surface area contributed by atoms with Gasteiger partial charge in [-0.15, -0.1) is 0 Å². The molecule has 0 bridgehead atoms. The van der Waals surface area contributed by atoms with Crippen LogP contribution in [0.4, 0.5) is 0 Å². The van der Waals surface area contributed by atoms with Crippen molar-refractivity contribution in [1.29, 1.82) is 5.26 Å². The molecule has 0 aliphatic rings. The molecule has 90 valence electrons. The first-order valence-corrected chi connectivity index (χ1v) is 5.62. The first kappa shape index (κ1) is 14.5. The summed E-state index contributed by atoms with van der Waals surface area (Å²) in [4.78, 5) is 14.9. The number of fused-ring (bicyclic) bond motifs is 3. The van der Waals surface area contributed by atoms with Crippen molar-refractivity contribution in [1.82, 2.24) is 4.98 Å². The molecule has 5 heteroatoms. The topological polar surface area (TPSA) is 76.8 Å². The van der Waals surface area contributed by atoms with Gasteiger partial charge in [-0.25, -0.2) is 0 Å². The van der Waals surface area contributed by atoms with Gasteiger partial charge in [-0.05, 0) is 34.5 Å². The second kappa shape index (κ2) is 5.59. The Morgan fingerprint density at radius 1 is 1.15 bits per heavy atom. The molecule has 1 heterocycles. The summed E-state index contributed by atoms with van der Waals surface area (Å²) >= 11 is 0. The normalized spacial score (nSPS) is 9.95. The monoisotopic (exact) mass is 270 g/mol. The van der Waals surface area contributed by atoms with Crippen LogP contribution in [0.3, 0.4) is 0 Å². The zero-order chi connectivity index (χ0) is 13.4. The molecule has 3 rings (SSSR count). The quantitative estimate of drug-likeness (QED) is 0.404. The van der Waals surface area contributed by atoms with Gasteiger partial charge in [0, 0.05) is 23.2 Å². The third kappa shape index (κ3) is 2.27. The fourth-order valence-electron chi connectivity index (χ4n) is 2.22. The van der Waals surface area contributed by atoms with Crippen molar-refractivity contribution >= 4 is 27.5 Å². The first-order chi connectivity index (χ1) is 9.20. The minimum absolute atomic E-state index is 0. The van der Waals surface area contributed by atoms with E-state index < -0.39 is 5.97 Å². The molecule has 0 saturated carbocycles. The SMILES string of the molecule is N#Cc1cc2cc(C(=O)[O-])ccc2c2cnccc12.[Na+]. The first-order valence-electron chi connectivity index (χ1n) is 5.62. The van der Waals surface area contributed by atoms with E-state index in [1.54, 1.807) is 30.6 Å². The van der Waals surface area contributed by atoms with Crippen LogP contribution in [0, 0.1) is 11.3 Å². The van der Waals surface area contributed by atoms with E-state index in [1.165, 1.54) is 12.1 Å². The Labute approximate surface area is 137 Å². The van der Waals surface area contributed by atoms with Crippen LogP contribution < -0.4 is 34.7 Å². The molecule has 0 spiro atoms. The van der Waals surface area contributed by atoms with E-state index in [0.717, 1.165) is 16.2 Å². The van der Waals surface area contributed by atoms with Crippen LogP contribution in [0.5, 0.6) is 0 Å².